The van der Waals surface area contributed by atoms with Gasteiger partial charge in [-0.2, -0.15) is 0 Å². The molecule has 0 radical (unpaired) electrons. The van der Waals surface area contributed by atoms with Gasteiger partial charge in [-0.05, 0) is 35.9 Å². The SMILES string of the molecule is NS(=O)(=O)c1cccc(NC(=O)c2ccc(C=NO)cc2)c1. The molecule has 0 aliphatic heterocycles. The molecule has 0 aromatic heterocycles. The molecular formula is C14H13N3O4S. The Bertz CT molecular complexity index is 814. The average Bonchev–Trinajstić information content (AvgIpc) is 2.48. The van der Waals surface area contributed by atoms with Crippen molar-refractivity contribution in [2.75, 3.05) is 5.32 Å². The number of rotatable bonds is 4. The first-order valence-electron chi connectivity index (χ1n) is 6.12. The van der Waals surface area contributed by atoms with E-state index in [4.69, 9.17) is 10.3 Å². The van der Waals surface area contributed by atoms with Crippen LogP contribution in [0.2, 0.25) is 0 Å². The number of hydrogen-bond acceptors (Lipinski definition) is 5. The van der Waals surface area contributed by atoms with Crippen molar-refractivity contribution < 1.29 is 18.4 Å². The Morgan fingerprint density at radius 1 is 1.18 bits per heavy atom. The summed E-state index contributed by atoms with van der Waals surface area (Å²) in [6, 6.07) is 12.0. The largest absolute Gasteiger partial charge is 0.411 e. The van der Waals surface area contributed by atoms with E-state index in [0.717, 1.165) is 0 Å². The van der Waals surface area contributed by atoms with Crippen molar-refractivity contribution in [1.82, 2.24) is 0 Å². The number of carbonyl (C=O) groups is 1. The molecule has 114 valence electrons. The molecule has 8 heteroatoms. The Morgan fingerprint density at radius 2 is 1.86 bits per heavy atom. The van der Waals surface area contributed by atoms with E-state index in [-0.39, 0.29) is 4.90 Å². The number of amides is 1. The predicted octanol–water partition coefficient (Wildman–Crippen LogP) is 1.39. The number of oxime groups is 1. The lowest BCUT2D eigenvalue weighted by Crippen LogP contribution is -2.14. The van der Waals surface area contributed by atoms with Crippen LogP contribution in [0.3, 0.4) is 0 Å². The molecule has 4 N–H and O–H groups in total. The zero-order valence-corrected chi connectivity index (χ0v) is 12.1. The Morgan fingerprint density at radius 3 is 2.45 bits per heavy atom. The van der Waals surface area contributed by atoms with Gasteiger partial charge in [0, 0.05) is 11.3 Å². The monoisotopic (exact) mass is 319 g/mol. The molecule has 0 aliphatic carbocycles. The van der Waals surface area contributed by atoms with Crippen molar-refractivity contribution in [3.05, 3.63) is 59.7 Å². The molecule has 1 amide bonds. The molecule has 0 heterocycles. The summed E-state index contributed by atoms with van der Waals surface area (Å²) in [4.78, 5) is 12.0. The first kappa shape index (κ1) is 15.7. The number of nitrogens with two attached hydrogens (primary N) is 1. The number of nitrogens with zero attached hydrogens (tertiary/aromatic N) is 1. The fraction of sp³-hybridized carbons (Fsp3) is 0. The second kappa shape index (κ2) is 6.37. The maximum atomic E-state index is 12.1. The van der Waals surface area contributed by atoms with Gasteiger partial charge in [-0.3, -0.25) is 4.79 Å². The number of anilines is 1. The first-order valence-corrected chi connectivity index (χ1v) is 7.66. The maximum absolute atomic E-state index is 12.1. The van der Waals surface area contributed by atoms with E-state index in [2.05, 4.69) is 10.5 Å². The van der Waals surface area contributed by atoms with Crippen LogP contribution in [-0.4, -0.2) is 25.7 Å². The highest BCUT2D eigenvalue weighted by molar-refractivity contribution is 7.89. The van der Waals surface area contributed by atoms with Gasteiger partial charge < -0.3 is 10.5 Å². The van der Waals surface area contributed by atoms with Crippen LogP contribution in [0.4, 0.5) is 5.69 Å². The van der Waals surface area contributed by atoms with Gasteiger partial charge >= 0.3 is 0 Å². The Hall–Kier alpha value is -2.71. The number of carbonyl (C=O) groups excluding carboxylic acids is 1. The lowest BCUT2D eigenvalue weighted by Gasteiger charge is -2.07. The highest BCUT2D eigenvalue weighted by Crippen LogP contribution is 2.15. The van der Waals surface area contributed by atoms with E-state index < -0.39 is 15.9 Å². The molecule has 2 aromatic carbocycles. The molecule has 0 saturated carbocycles. The lowest BCUT2D eigenvalue weighted by molar-refractivity contribution is 0.102. The van der Waals surface area contributed by atoms with Crippen molar-refractivity contribution in [3.63, 3.8) is 0 Å². The van der Waals surface area contributed by atoms with Gasteiger partial charge in [0.05, 0.1) is 11.1 Å². The van der Waals surface area contributed by atoms with E-state index in [1.807, 2.05) is 0 Å². The van der Waals surface area contributed by atoms with Crippen LogP contribution in [0, 0.1) is 0 Å². The van der Waals surface area contributed by atoms with Crippen molar-refractivity contribution in [2.45, 2.75) is 4.90 Å². The molecule has 0 saturated heterocycles. The summed E-state index contributed by atoms with van der Waals surface area (Å²) in [7, 11) is -3.83. The van der Waals surface area contributed by atoms with Crippen LogP contribution >= 0.6 is 0 Å². The average molecular weight is 319 g/mol. The van der Waals surface area contributed by atoms with Crippen molar-refractivity contribution >= 4 is 27.8 Å². The second-order valence-electron chi connectivity index (χ2n) is 4.39. The molecule has 2 rings (SSSR count). The van der Waals surface area contributed by atoms with E-state index in [1.54, 1.807) is 30.3 Å². The Balaban J connectivity index is 2.18. The summed E-state index contributed by atoms with van der Waals surface area (Å²) >= 11 is 0. The van der Waals surface area contributed by atoms with Gasteiger partial charge in [0.1, 0.15) is 0 Å². The molecule has 0 fully saturated rings. The molecule has 0 bridgehead atoms. The summed E-state index contributed by atoms with van der Waals surface area (Å²) in [5, 5.41) is 18.9. The zero-order valence-electron chi connectivity index (χ0n) is 11.3. The van der Waals surface area contributed by atoms with Crippen LogP contribution in [0.1, 0.15) is 15.9 Å². The van der Waals surface area contributed by atoms with Gasteiger partial charge in [-0.15, -0.1) is 0 Å². The third-order valence-corrected chi connectivity index (χ3v) is 3.71. The van der Waals surface area contributed by atoms with Crippen LogP contribution in [-0.2, 0) is 10.0 Å². The van der Waals surface area contributed by atoms with Crippen molar-refractivity contribution in [2.24, 2.45) is 10.3 Å². The van der Waals surface area contributed by atoms with Gasteiger partial charge in [0.15, 0.2) is 0 Å². The lowest BCUT2D eigenvalue weighted by atomic mass is 10.1. The molecule has 0 unspecified atom stereocenters. The number of benzene rings is 2. The maximum Gasteiger partial charge on any atom is 0.255 e. The number of sulfonamides is 1. The smallest absolute Gasteiger partial charge is 0.255 e. The van der Waals surface area contributed by atoms with Crippen LogP contribution in [0.25, 0.3) is 0 Å². The standard InChI is InChI=1S/C14H13N3O4S/c15-22(20,21)13-3-1-2-12(8-13)17-14(18)11-6-4-10(5-7-11)9-16-19/h1-9,19H,(H,17,18)(H2,15,20,21). The fourth-order valence-electron chi connectivity index (χ4n) is 1.74. The Kier molecular flexibility index (Phi) is 4.54. The van der Waals surface area contributed by atoms with Crippen molar-refractivity contribution in [3.8, 4) is 0 Å². The van der Waals surface area contributed by atoms with E-state index in [0.29, 0.717) is 16.8 Å². The number of primary sulfonamides is 1. The van der Waals surface area contributed by atoms with Crippen LogP contribution < -0.4 is 10.5 Å². The molecule has 22 heavy (non-hydrogen) atoms. The topological polar surface area (TPSA) is 122 Å². The van der Waals surface area contributed by atoms with Gasteiger partial charge in [-0.1, -0.05) is 23.4 Å². The third-order valence-electron chi connectivity index (χ3n) is 2.80. The predicted molar refractivity (Wildman–Crippen MR) is 81.6 cm³/mol. The summed E-state index contributed by atoms with van der Waals surface area (Å²) in [6.07, 6.45) is 1.23. The normalized spacial score (nSPS) is 11.5. The highest BCUT2D eigenvalue weighted by atomic mass is 32.2. The van der Waals surface area contributed by atoms with Crippen LogP contribution in [0.5, 0.6) is 0 Å². The van der Waals surface area contributed by atoms with E-state index in [9.17, 15) is 13.2 Å². The molecule has 0 aliphatic rings. The summed E-state index contributed by atoms with van der Waals surface area (Å²) in [6.45, 7) is 0. The molecular weight excluding hydrogens is 306 g/mol. The van der Waals surface area contributed by atoms with E-state index >= 15 is 0 Å². The highest BCUT2D eigenvalue weighted by Gasteiger charge is 2.10. The van der Waals surface area contributed by atoms with Gasteiger partial charge in [-0.25, -0.2) is 13.6 Å². The number of hydrogen-bond donors (Lipinski definition) is 3. The minimum absolute atomic E-state index is 0.0835. The number of nitrogens with one attached hydrogen (secondary N) is 1. The zero-order chi connectivity index (χ0) is 16.2. The first-order chi connectivity index (χ1) is 10.4. The van der Waals surface area contributed by atoms with Gasteiger partial charge in [0.2, 0.25) is 10.0 Å². The molecule has 0 atom stereocenters. The third kappa shape index (κ3) is 3.90. The quantitative estimate of drug-likeness (QED) is 0.448. The fourth-order valence-corrected chi connectivity index (χ4v) is 2.30. The minimum atomic E-state index is -3.83. The summed E-state index contributed by atoms with van der Waals surface area (Å²) < 4.78 is 22.5. The minimum Gasteiger partial charge on any atom is -0.411 e. The molecule has 0 spiro atoms. The summed E-state index contributed by atoms with van der Waals surface area (Å²) in [5.74, 6) is -0.404. The van der Waals surface area contributed by atoms with Gasteiger partial charge in [0.25, 0.3) is 5.91 Å². The Labute approximate surface area is 127 Å². The molecule has 2 aromatic rings. The van der Waals surface area contributed by atoms with Crippen LogP contribution in [0.15, 0.2) is 58.6 Å². The summed E-state index contributed by atoms with van der Waals surface area (Å²) in [5.41, 5.74) is 1.32. The molecule has 7 nitrogen and oxygen atoms in total. The second-order valence-corrected chi connectivity index (χ2v) is 5.95. The van der Waals surface area contributed by atoms with E-state index in [1.165, 1.54) is 24.4 Å². The van der Waals surface area contributed by atoms with Crippen molar-refractivity contribution in [1.29, 1.82) is 0 Å².